The first-order chi connectivity index (χ1) is 11.2. The van der Waals surface area contributed by atoms with E-state index in [1.165, 1.54) is 11.3 Å². The Morgan fingerprint density at radius 2 is 2.00 bits per heavy atom. The first-order valence-corrected chi connectivity index (χ1v) is 8.55. The molecule has 0 bridgehead atoms. The summed E-state index contributed by atoms with van der Waals surface area (Å²) < 4.78 is 0. The summed E-state index contributed by atoms with van der Waals surface area (Å²) in [5.74, 6) is 5.13. The molecule has 2 aromatic rings. The fourth-order valence-corrected chi connectivity index (χ4v) is 2.93. The largest absolute Gasteiger partial charge is 0.318 e. The number of rotatable bonds is 8. The van der Waals surface area contributed by atoms with E-state index in [9.17, 15) is 4.79 Å². The smallest absolute Gasteiger partial charge is 0.230 e. The standard InChI is InChI=1S/C15H19N5OS2/c16-18-13(22)8-4-5-9-14-19-20-15(23-14)17-12(21)10-11-6-2-1-3-7-11/h1-3,6-7H,4-5,8-10,16H2,(H,18,22)(H,17,20,21). The number of hydrazine groups is 1. The predicted molar refractivity (Wildman–Crippen MR) is 96.2 cm³/mol. The predicted octanol–water partition coefficient (Wildman–Crippen LogP) is 2.22. The molecule has 0 radical (unpaired) electrons. The molecule has 1 amide bonds. The van der Waals surface area contributed by atoms with E-state index in [1.54, 1.807) is 0 Å². The Morgan fingerprint density at radius 1 is 1.22 bits per heavy atom. The van der Waals surface area contributed by atoms with Crippen LogP contribution < -0.4 is 16.6 Å². The van der Waals surface area contributed by atoms with E-state index in [4.69, 9.17) is 18.1 Å². The van der Waals surface area contributed by atoms with E-state index < -0.39 is 0 Å². The molecule has 1 aromatic carbocycles. The number of benzene rings is 1. The van der Waals surface area contributed by atoms with Gasteiger partial charge in [0.1, 0.15) is 5.01 Å². The first kappa shape index (κ1) is 17.5. The van der Waals surface area contributed by atoms with Crippen LogP contribution in [0.3, 0.4) is 0 Å². The van der Waals surface area contributed by atoms with Crippen molar-refractivity contribution in [3.63, 3.8) is 0 Å². The highest BCUT2D eigenvalue weighted by molar-refractivity contribution is 7.80. The summed E-state index contributed by atoms with van der Waals surface area (Å²) in [4.78, 5) is 12.6. The Kier molecular flexibility index (Phi) is 7.05. The number of aryl methyl sites for hydroxylation is 1. The molecule has 23 heavy (non-hydrogen) atoms. The van der Waals surface area contributed by atoms with Gasteiger partial charge in [0.2, 0.25) is 11.0 Å². The lowest BCUT2D eigenvalue weighted by molar-refractivity contribution is -0.115. The second-order valence-corrected chi connectivity index (χ2v) is 6.54. The second kappa shape index (κ2) is 9.29. The van der Waals surface area contributed by atoms with E-state index in [0.717, 1.165) is 36.3 Å². The zero-order valence-corrected chi connectivity index (χ0v) is 14.3. The number of amides is 1. The maximum Gasteiger partial charge on any atom is 0.230 e. The third-order valence-corrected chi connectivity index (χ3v) is 4.35. The van der Waals surface area contributed by atoms with Gasteiger partial charge in [-0.05, 0) is 24.8 Å². The highest BCUT2D eigenvalue weighted by atomic mass is 32.1. The quantitative estimate of drug-likeness (QED) is 0.293. The van der Waals surface area contributed by atoms with Crippen molar-refractivity contribution >= 4 is 39.6 Å². The number of anilines is 1. The fourth-order valence-electron chi connectivity index (χ4n) is 1.98. The molecule has 0 unspecified atom stereocenters. The molecule has 4 N–H and O–H groups in total. The lowest BCUT2D eigenvalue weighted by atomic mass is 10.1. The van der Waals surface area contributed by atoms with Gasteiger partial charge >= 0.3 is 0 Å². The van der Waals surface area contributed by atoms with Gasteiger partial charge in [-0.1, -0.05) is 53.9 Å². The van der Waals surface area contributed by atoms with Crippen molar-refractivity contribution in [2.24, 2.45) is 5.84 Å². The molecule has 0 aliphatic heterocycles. The zero-order valence-electron chi connectivity index (χ0n) is 12.6. The first-order valence-electron chi connectivity index (χ1n) is 7.33. The Balaban J connectivity index is 1.73. The van der Waals surface area contributed by atoms with Crippen LogP contribution in [0, 0.1) is 0 Å². The molecule has 1 aromatic heterocycles. The minimum absolute atomic E-state index is 0.0849. The highest BCUT2D eigenvalue weighted by Gasteiger charge is 2.09. The van der Waals surface area contributed by atoms with Gasteiger partial charge in [-0.3, -0.25) is 10.6 Å². The average Bonchev–Trinajstić information content (AvgIpc) is 2.99. The summed E-state index contributed by atoms with van der Waals surface area (Å²) in [6.45, 7) is 0. The van der Waals surface area contributed by atoms with Crippen LogP contribution >= 0.6 is 23.6 Å². The van der Waals surface area contributed by atoms with Crippen molar-refractivity contribution in [2.45, 2.75) is 32.1 Å². The van der Waals surface area contributed by atoms with Crippen molar-refractivity contribution in [2.75, 3.05) is 5.32 Å². The van der Waals surface area contributed by atoms with Crippen LogP contribution in [0.5, 0.6) is 0 Å². The number of carbonyl (C=O) groups is 1. The monoisotopic (exact) mass is 349 g/mol. The second-order valence-electron chi connectivity index (χ2n) is 4.99. The summed E-state index contributed by atoms with van der Waals surface area (Å²) >= 11 is 6.39. The van der Waals surface area contributed by atoms with E-state index in [2.05, 4.69) is 20.9 Å². The molecule has 0 saturated carbocycles. The van der Waals surface area contributed by atoms with Gasteiger partial charge in [0.25, 0.3) is 0 Å². The Morgan fingerprint density at radius 3 is 2.74 bits per heavy atom. The number of aromatic nitrogens is 2. The molecule has 2 rings (SSSR count). The summed E-state index contributed by atoms with van der Waals surface area (Å²) in [6, 6.07) is 9.60. The molecular weight excluding hydrogens is 330 g/mol. The number of hydrogen-bond acceptors (Lipinski definition) is 6. The van der Waals surface area contributed by atoms with Crippen LogP contribution in [0.15, 0.2) is 30.3 Å². The molecule has 0 atom stereocenters. The number of nitrogens with zero attached hydrogens (tertiary/aromatic N) is 2. The van der Waals surface area contributed by atoms with E-state index >= 15 is 0 Å². The van der Waals surface area contributed by atoms with Gasteiger partial charge in [-0.15, -0.1) is 10.2 Å². The summed E-state index contributed by atoms with van der Waals surface area (Å²) in [6.07, 6.45) is 3.82. The highest BCUT2D eigenvalue weighted by Crippen LogP contribution is 2.18. The van der Waals surface area contributed by atoms with Gasteiger partial charge < -0.3 is 10.7 Å². The Hall–Kier alpha value is -1.90. The Bertz CT molecular complexity index is 644. The molecular formula is C15H19N5OS2. The SMILES string of the molecule is NNC(=S)CCCCc1nnc(NC(=O)Cc2ccccc2)s1. The van der Waals surface area contributed by atoms with Gasteiger partial charge in [0.05, 0.1) is 11.4 Å². The van der Waals surface area contributed by atoms with Gasteiger partial charge in [0, 0.05) is 6.42 Å². The zero-order chi connectivity index (χ0) is 16.5. The van der Waals surface area contributed by atoms with Crippen LogP contribution in [0.4, 0.5) is 5.13 Å². The molecule has 122 valence electrons. The van der Waals surface area contributed by atoms with E-state index in [1.807, 2.05) is 30.3 Å². The summed E-state index contributed by atoms with van der Waals surface area (Å²) in [7, 11) is 0. The molecule has 0 aliphatic carbocycles. The van der Waals surface area contributed by atoms with Crippen LogP contribution in [0.1, 0.15) is 29.8 Å². The number of hydrogen-bond donors (Lipinski definition) is 3. The van der Waals surface area contributed by atoms with Crippen LogP contribution in [-0.4, -0.2) is 21.1 Å². The number of carbonyl (C=O) groups excluding carboxylic acids is 1. The van der Waals surface area contributed by atoms with Gasteiger partial charge in [0.15, 0.2) is 0 Å². The van der Waals surface area contributed by atoms with Crippen molar-refractivity contribution in [1.82, 2.24) is 15.6 Å². The van der Waals surface area contributed by atoms with Crippen LogP contribution in [0.25, 0.3) is 0 Å². The molecule has 0 fully saturated rings. The summed E-state index contributed by atoms with van der Waals surface area (Å²) in [5, 5.41) is 12.3. The third kappa shape index (κ3) is 6.39. The lowest BCUT2D eigenvalue weighted by Gasteiger charge is -2.01. The minimum Gasteiger partial charge on any atom is -0.318 e. The van der Waals surface area contributed by atoms with Crippen molar-refractivity contribution in [3.8, 4) is 0 Å². The normalized spacial score (nSPS) is 10.3. The molecule has 6 nitrogen and oxygen atoms in total. The molecule has 0 saturated heterocycles. The van der Waals surface area contributed by atoms with Crippen LogP contribution in [0.2, 0.25) is 0 Å². The fraction of sp³-hybridized carbons (Fsp3) is 0.333. The van der Waals surface area contributed by atoms with Crippen LogP contribution in [-0.2, 0) is 17.6 Å². The van der Waals surface area contributed by atoms with Crippen molar-refractivity contribution in [1.29, 1.82) is 0 Å². The van der Waals surface area contributed by atoms with E-state index in [0.29, 0.717) is 16.5 Å². The maximum absolute atomic E-state index is 12.0. The van der Waals surface area contributed by atoms with Gasteiger partial charge in [-0.2, -0.15) is 0 Å². The average molecular weight is 349 g/mol. The van der Waals surface area contributed by atoms with Gasteiger partial charge in [-0.25, -0.2) is 0 Å². The van der Waals surface area contributed by atoms with E-state index in [-0.39, 0.29) is 5.91 Å². The summed E-state index contributed by atoms with van der Waals surface area (Å²) in [5.41, 5.74) is 3.44. The molecule has 1 heterocycles. The maximum atomic E-state index is 12.0. The molecule has 8 heteroatoms. The van der Waals surface area contributed by atoms with Crippen molar-refractivity contribution < 1.29 is 4.79 Å². The topological polar surface area (TPSA) is 92.9 Å². The number of thiocarbonyl (C=S) groups is 1. The van der Waals surface area contributed by atoms with Crippen molar-refractivity contribution in [3.05, 3.63) is 40.9 Å². The number of unbranched alkanes of at least 4 members (excludes halogenated alkanes) is 1. The Labute approximate surface area is 144 Å². The number of nitrogens with two attached hydrogens (primary N) is 1. The molecule has 0 spiro atoms. The minimum atomic E-state index is -0.0849. The third-order valence-electron chi connectivity index (χ3n) is 3.13. The number of nitrogens with one attached hydrogen (secondary N) is 2. The lowest BCUT2D eigenvalue weighted by Crippen LogP contribution is -2.28. The molecule has 0 aliphatic rings.